The number of hydrogen-bond donors (Lipinski definition) is 0. The number of hydrogen-bond acceptors (Lipinski definition) is 7. The van der Waals surface area contributed by atoms with Gasteiger partial charge in [-0.25, -0.2) is 9.67 Å². The molecule has 0 aliphatic heterocycles. The maximum Gasteiger partial charge on any atom is 0.208 e. The Kier molecular flexibility index (Phi) is 5.06. The van der Waals surface area contributed by atoms with Crippen LogP contribution in [0.4, 0.5) is 0 Å². The fourth-order valence-electron chi connectivity index (χ4n) is 2.55. The fourth-order valence-corrected chi connectivity index (χ4v) is 3.79. The molecule has 0 fully saturated rings. The van der Waals surface area contributed by atoms with Gasteiger partial charge in [-0.15, -0.1) is 16.4 Å². The number of halogens is 1. The third kappa shape index (κ3) is 3.60. The molecule has 0 bridgehead atoms. The van der Waals surface area contributed by atoms with Crippen LogP contribution < -0.4 is 0 Å². The largest absolute Gasteiger partial charge is 0.290 e. The van der Waals surface area contributed by atoms with Crippen molar-refractivity contribution in [1.82, 2.24) is 25.0 Å². The highest BCUT2D eigenvalue weighted by Crippen LogP contribution is 2.27. The SMILES string of the molecule is N#CC(C(=O)c1cn(-c2cccc(Br)c2)nn1)c1nc(-c2ccccn2)cs1. The summed E-state index contributed by atoms with van der Waals surface area (Å²) in [6, 6.07) is 15.0. The van der Waals surface area contributed by atoms with Crippen LogP contribution in [0.15, 0.2) is 64.7 Å². The minimum atomic E-state index is -1.05. The van der Waals surface area contributed by atoms with Crippen molar-refractivity contribution in [2.24, 2.45) is 0 Å². The Labute approximate surface area is 172 Å². The number of carbonyl (C=O) groups excluding carboxylic acids is 1. The van der Waals surface area contributed by atoms with Crippen molar-refractivity contribution in [3.8, 4) is 23.1 Å². The number of aromatic nitrogens is 5. The van der Waals surface area contributed by atoms with Gasteiger partial charge in [-0.1, -0.05) is 33.3 Å². The molecule has 28 heavy (non-hydrogen) atoms. The lowest BCUT2D eigenvalue weighted by Crippen LogP contribution is -2.11. The summed E-state index contributed by atoms with van der Waals surface area (Å²) < 4.78 is 2.38. The Morgan fingerprint density at radius 1 is 1.21 bits per heavy atom. The molecule has 0 saturated heterocycles. The molecule has 4 aromatic rings. The first-order chi connectivity index (χ1) is 13.7. The van der Waals surface area contributed by atoms with E-state index in [-0.39, 0.29) is 5.69 Å². The van der Waals surface area contributed by atoms with Crippen LogP contribution in [0.1, 0.15) is 21.4 Å². The summed E-state index contributed by atoms with van der Waals surface area (Å²) >= 11 is 4.65. The zero-order chi connectivity index (χ0) is 19.5. The first kappa shape index (κ1) is 18.2. The van der Waals surface area contributed by atoms with Crippen LogP contribution in [0.2, 0.25) is 0 Å². The van der Waals surface area contributed by atoms with Gasteiger partial charge in [0, 0.05) is 16.0 Å². The average Bonchev–Trinajstić information content (AvgIpc) is 3.39. The summed E-state index contributed by atoms with van der Waals surface area (Å²) in [6.45, 7) is 0. The van der Waals surface area contributed by atoms with Gasteiger partial charge in [-0.2, -0.15) is 5.26 Å². The van der Waals surface area contributed by atoms with Gasteiger partial charge in [0.2, 0.25) is 5.78 Å². The minimum absolute atomic E-state index is 0.112. The second-order valence-electron chi connectivity index (χ2n) is 5.74. The monoisotopic (exact) mass is 450 g/mol. The van der Waals surface area contributed by atoms with Crippen molar-refractivity contribution in [2.75, 3.05) is 0 Å². The lowest BCUT2D eigenvalue weighted by molar-refractivity contribution is 0.0974. The van der Waals surface area contributed by atoms with E-state index >= 15 is 0 Å². The lowest BCUT2D eigenvalue weighted by Gasteiger charge is -2.02. The van der Waals surface area contributed by atoms with Crippen LogP contribution in [0.25, 0.3) is 17.1 Å². The van der Waals surface area contributed by atoms with E-state index in [4.69, 9.17) is 0 Å². The molecule has 1 unspecified atom stereocenters. The van der Waals surface area contributed by atoms with Crippen molar-refractivity contribution in [1.29, 1.82) is 5.26 Å². The molecule has 1 atom stereocenters. The van der Waals surface area contributed by atoms with Crippen molar-refractivity contribution in [3.05, 3.63) is 75.4 Å². The maximum atomic E-state index is 12.8. The van der Waals surface area contributed by atoms with Gasteiger partial charge in [0.1, 0.15) is 5.01 Å². The van der Waals surface area contributed by atoms with Crippen molar-refractivity contribution in [3.63, 3.8) is 0 Å². The number of rotatable bonds is 5. The number of nitriles is 1. The third-order valence-corrected chi connectivity index (χ3v) is 5.31. The standard InChI is InChI=1S/C19H11BrN6OS/c20-12-4-3-5-13(8-12)26-10-16(24-25-26)18(27)14(9-21)19-23-17(11-28-19)15-6-1-2-7-22-15/h1-8,10-11,14H. The van der Waals surface area contributed by atoms with E-state index in [1.807, 2.05) is 48.5 Å². The summed E-state index contributed by atoms with van der Waals surface area (Å²) in [7, 11) is 0. The Morgan fingerprint density at radius 3 is 2.86 bits per heavy atom. The van der Waals surface area contributed by atoms with Crippen LogP contribution in [0.5, 0.6) is 0 Å². The predicted molar refractivity (Wildman–Crippen MR) is 107 cm³/mol. The lowest BCUT2D eigenvalue weighted by atomic mass is 10.0. The van der Waals surface area contributed by atoms with E-state index in [0.29, 0.717) is 16.4 Å². The molecule has 3 aromatic heterocycles. The molecular formula is C19H11BrN6OS. The molecule has 0 radical (unpaired) electrons. The van der Waals surface area contributed by atoms with Crippen molar-refractivity contribution in [2.45, 2.75) is 5.92 Å². The van der Waals surface area contributed by atoms with Crippen LogP contribution in [-0.2, 0) is 0 Å². The van der Waals surface area contributed by atoms with Gasteiger partial charge in [0.15, 0.2) is 11.6 Å². The molecule has 0 spiro atoms. The Bertz CT molecular complexity index is 1180. The van der Waals surface area contributed by atoms with Crippen molar-refractivity contribution >= 4 is 33.0 Å². The maximum absolute atomic E-state index is 12.8. The highest BCUT2D eigenvalue weighted by molar-refractivity contribution is 9.10. The molecule has 136 valence electrons. The highest BCUT2D eigenvalue weighted by atomic mass is 79.9. The van der Waals surface area contributed by atoms with Crippen molar-refractivity contribution < 1.29 is 4.79 Å². The molecule has 4 rings (SSSR count). The zero-order valence-corrected chi connectivity index (χ0v) is 16.6. The fraction of sp³-hybridized carbons (Fsp3) is 0.0526. The van der Waals surface area contributed by atoms with Gasteiger partial charge in [-0.05, 0) is 30.3 Å². The Hall–Kier alpha value is -3.22. The number of pyridine rings is 1. The second-order valence-corrected chi connectivity index (χ2v) is 7.55. The molecule has 3 heterocycles. The van der Waals surface area contributed by atoms with E-state index in [2.05, 4.69) is 36.2 Å². The molecule has 7 nitrogen and oxygen atoms in total. The van der Waals surface area contributed by atoms with Crippen LogP contribution in [-0.4, -0.2) is 30.7 Å². The smallest absolute Gasteiger partial charge is 0.208 e. The summed E-state index contributed by atoms with van der Waals surface area (Å²) in [6.07, 6.45) is 3.18. The van der Waals surface area contributed by atoms with Gasteiger partial charge < -0.3 is 0 Å². The number of carbonyl (C=O) groups is 1. The second kappa shape index (κ2) is 7.80. The molecule has 0 N–H and O–H groups in total. The van der Waals surface area contributed by atoms with Crippen LogP contribution >= 0.6 is 27.3 Å². The predicted octanol–water partition coefficient (Wildman–Crippen LogP) is 4.04. The van der Waals surface area contributed by atoms with E-state index in [9.17, 15) is 10.1 Å². The number of ketones is 1. The molecule has 0 aliphatic carbocycles. The summed E-state index contributed by atoms with van der Waals surface area (Å²) in [5.74, 6) is -1.49. The Balaban J connectivity index is 1.60. The molecular weight excluding hydrogens is 440 g/mol. The highest BCUT2D eigenvalue weighted by Gasteiger charge is 2.27. The van der Waals surface area contributed by atoms with Gasteiger partial charge in [0.25, 0.3) is 0 Å². The molecule has 0 saturated carbocycles. The van der Waals surface area contributed by atoms with Crippen LogP contribution in [0, 0.1) is 11.3 Å². The van der Waals surface area contributed by atoms with E-state index in [0.717, 1.165) is 10.2 Å². The number of Topliss-reactive ketones (excluding diaryl/α,β-unsaturated/α-hetero) is 1. The first-order valence-electron chi connectivity index (χ1n) is 8.14. The molecule has 9 heteroatoms. The van der Waals surface area contributed by atoms with Gasteiger partial charge in [0.05, 0.1) is 29.3 Å². The minimum Gasteiger partial charge on any atom is -0.290 e. The molecule has 0 aliphatic rings. The topological polar surface area (TPSA) is 97.3 Å². The van der Waals surface area contributed by atoms with Gasteiger partial charge in [-0.3, -0.25) is 9.78 Å². The van der Waals surface area contributed by atoms with Crippen LogP contribution in [0.3, 0.4) is 0 Å². The normalized spacial score (nSPS) is 11.7. The number of benzene rings is 1. The van der Waals surface area contributed by atoms with E-state index < -0.39 is 11.7 Å². The average molecular weight is 451 g/mol. The van der Waals surface area contributed by atoms with E-state index in [1.165, 1.54) is 22.2 Å². The molecule has 1 aromatic carbocycles. The third-order valence-electron chi connectivity index (χ3n) is 3.91. The number of thiazole rings is 1. The summed E-state index contributed by atoms with van der Waals surface area (Å²) in [5, 5.41) is 19.7. The first-order valence-corrected chi connectivity index (χ1v) is 9.82. The molecule has 0 amide bonds. The summed E-state index contributed by atoms with van der Waals surface area (Å²) in [4.78, 5) is 21.5. The van der Waals surface area contributed by atoms with E-state index in [1.54, 1.807) is 11.6 Å². The van der Waals surface area contributed by atoms with Gasteiger partial charge >= 0.3 is 0 Å². The quantitative estimate of drug-likeness (QED) is 0.425. The summed E-state index contributed by atoms with van der Waals surface area (Å²) in [5.41, 5.74) is 2.18. The Morgan fingerprint density at radius 2 is 2.11 bits per heavy atom. The zero-order valence-electron chi connectivity index (χ0n) is 14.2. The number of nitrogens with zero attached hydrogens (tertiary/aromatic N) is 6.